The Labute approximate surface area is 142 Å². The first-order valence-corrected chi connectivity index (χ1v) is 8.83. The molecule has 24 heavy (non-hydrogen) atoms. The van der Waals surface area contributed by atoms with Gasteiger partial charge >= 0.3 is 0 Å². The molecule has 0 aromatic carbocycles. The number of nitrogens with zero attached hydrogens (tertiary/aromatic N) is 5. The van der Waals surface area contributed by atoms with Gasteiger partial charge in [-0.1, -0.05) is 6.07 Å². The van der Waals surface area contributed by atoms with E-state index in [4.69, 9.17) is 0 Å². The minimum absolute atomic E-state index is 0.00963. The van der Waals surface area contributed by atoms with E-state index in [0.29, 0.717) is 17.7 Å². The summed E-state index contributed by atoms with van der Waals surface area (Å²) < 4.78 is 1.59. The summed E-state index contributed by atoms with van der Waals surface area (Å²) in [5, 5.41) is 0. The fourth-order valence-electron chi connectivity index (χ4n) is 3.70. The van der Waals surface area contributed by atoms with Crippen molar-refractivity contribution >= 4 is 11.5 Å². The normalized spacial score (nSPS) is 20.7. The second-order valence-corrected chi connectivity index (χ2v) is 7.11. The van der Waals surface area contributed by atoms with Crippen LogP contribution in [0.4, 0.5) is 5.82 Å². The van der Waals surface area contributed by atoms with Gasteiger partial charge in [0.2, 0.25) is 0 Å². The lowest BCUT2D eigenvalue weighted by molar-refractivity contribution is 0.0676. The Hall–Kier alpha value is -1.92. The predicted octanol–water partition coefficient (Wildman–Crippen LogP) is 0.909. The van der Waals surface area contributed by atoms with E-state index in [1.807, 2.05) is 18.2 Å². The van der Waals surface area contributed by atoms with Crippen molar-refractivity contribution in [2.45, 2.75) is 25.9 Å². The van der Waals surface area contributed by atoms with E-state index in [1.54, 1.807) is 16.7 Å². The Morgan fingerprint density at radius 1 is 1.12 bits per heavy atom. The van der Waals surface area contributed by atoms with Gasteiger partial charge in [-0.2, -0.15) is 0 Å². The topological polar surface area (TPSA) is 44.1 Å². The van der Waals surface area contributed by atoms with Gasteiger partial charge in [0.1, 0.15) is 11.5 Å². The smallest absolute Gasteiger partial charge is 0.259 e. The molecule has 0 saturated carbocycles. The van der Waals surface area contributed by atoms with Crippen molar-refractivity contribution < 1.29 is 0 Å². The summed E-state index contributed by atoms with van der Waals surface area (Å²) in [6.07, 6.45) is 1.77. The molecule has 0 unspecified atom stereocenters. The highest BCUT2D eigenvalue weighted by Crippen LogP contribution is 2.22. The van der Waals surface area contributed by atoms with Gasteiger partial charge in [0, 0.05) is 63.6 Å². The standard InChI is InChI=1S/C18H25N5O/c1-14(2)20-7-9-21(10-8-20)15-12-22(13-15)17-11-18(24)23-6-4-3-5-16(23)19-17/h3-6,11,14-15H,7-10,12-13H2,1-2H3. The van der Waals surface area contributed by atoms with Crippen molar-refractivity contribution in [2.24, 2.45) is 0 Å². The number of anilines is 1. The third-order valence-corrected chi connectivity index (χ3v) is 5.34. The van der Waals surface area contributed by atoms with Crippen molar-refractivity contribution in [1.82, 2.24) is 19.2 Å². The summed E-state index contributed by atoms with van der Waals surface area (Å²) in [5.41, 5.74) is 0.707. The summed E-state index contributed by atoms with van der Waals surface area (Å²) in [7, 11) is 0. The van der Waals surface area contributed by atoms with Crippen LogP contribution < -0.4 is 10.5 Å². The maximum absolute atomic E-state index is 12.2. The van der Waals surface area contributed by atoms with E-state index in [0.717, 1.165) is 45.1 Å². The molecule has 0 amide bonds. The minimum atomic E-state index is -0.00963. The number of aromatic nitrogens is 2. The van der Waals surface area contributed by atoms with Gasteiger partial charge in [0.05, 0.1) is 0 Å². The molecule has 2 aromatic heterocycles. The Morgan fingerprint density at radius 2 is 1.88 bits per heavy atom. The highest BCUT2D eigenvalue weighted by Gasteiger charge is 2.34. The average Bonchev–Trinajstić information content (AvgIpc) is 2.54. The van der Waals surface area contributed by atoms with Crippen LogP contribution in [-0.2, 0) is 0 Å². The van der Waals surface area contributed by atoms with Gasteiger partial charge in [-0.3, -0.25) is 19.0 Å². The van der Waals surface area contributed by atoms with Gasteiger partial charge in [-0.15, -0.1) is 0 Å². The molecule has 2 fully saturated rings. The molecule has 4 rings (SSSR count). The summed E-state index contributed by atoms with van der Waals surface area (Å²) >= 11 is 0. The molecular weight excluding hydrogens is 302 g/mol. The van der Waals surface area contributed by atoms with E-state index in [1.165, 1.54) is 0 Å². The maximum atomic E-state index is 12.2. The molecule has 6 nitrogen and oxygen atoms in total. The largest absolute Gasteiger partial charge is 0.353 e. The number of fused-ring (bicyclic) bond motifs is 1. The highest BCUT2D eigenvalue weighted by atomic mass is 16.1. The van der Waals surface area contributed by atoms with E-state index in [-0.39, 0.29) is 5.56 Å². The third-order valence-electron chi connectivity index (χ3n) is 5.34. The highest BCUT2D eigenvalue weighted by molar-refractivity contribution is 5.50. The quantitative estimate of drug-likeness (QED) is 0.838. The fourth-order valence-corrected chi connectivity index (χ4v) is 3.70. The van der Waals surface area contributed by atoms with Crippen LogP contribution in [0, 0.1) is 0 Å². The Kier molecular flexibility index (Phi) is 4.02. The van der Waals surface area contributed by atoms with Gasteiger partial charge in [-0.25, -0.2) is 4.98 Å². The van der Waals surface area contributed by atoms with Gasteiger partial charge < -0.3 is 4.90 Å². The molecule has 0 N–H and O–H groups in total. The van der Waals surface area contributed by atoms with E-state index >= 15 is 0 Å². The molecular formula is C18H25N5O. The molecule has 0 spiro atoms. The van der Waals surface area contributed by atoms with Gasteiger partial charge in [0.25, 0.3) is 5.56 Å². The van der Waals surface area contributed by atoms with Crippen LogP contribution in [0.1, 0.15) is 13.8 Å². The number of hydrogen-bond acceptors (Lipinski definition) is 5. The van der Waals surface area contributed by atoms with Crippen LogP contribution in [0.15, 0.2) is 35.3 Å². The number of rotatable bonds is 3. The van der Waals surface area contributed by atoms with E-state index < -0.39 is 0 Å². The van der Waals surface area contributed by atoms with Crippen LogP contribution in [0.25, 0.3) is 5.65 Å². The van der Waals surface area contributed by atoms with Crippen LogP contribution >= 0.6 is 0 Å². The molecule has 6 heteroatoms. The molecule has 2 aromatic rings. The summed E-state index contributed by atoms with van der Waals surface area (Å²) in [6, 6.07) is 8.54. The average molecular weight is 327 g/mol. The Bertz CT molecular complexity index is 772. The van der Waals surface area contributed by atoms with Crippen LogP contribution in [0.3, 0.4) is 0 Å². The molecule has 2 aliphatic heterocycles. The summed E-state index contributed by atoms with van der Waals surface area (Å²) in [5.74, 6) is 0.809. The van der Waals surface area contributed by atoms with Crippen LogP contribution in [-0.4, -0.2) is 70.5 Å². The Morgan fingerprint density at radius 3 is 2.58 bits per heavy atom. The Balaban J connectivity index is 1.40. The van der Waals surface area contributed by atoms with Crippen LogP contribution in [0.2, 0.25) is 0 Å². The van der Waals surface area contributed by atoms with E-state index in [9.17, 15) is 4.79 Å². The monoisotopic (exact) mass is 327 g/mol. The molecule has 2 saturated heterocycles. The molecule has 128 valence electrons. The van der Waals surface area contributed by atoms with Crippen molar-refractivity contribution in [2.75, 3.05) is 44.2 Å². The first-order valence-electron chi connectivity index (χ1n) is 8.83. The van der Waals surface area contributed by atoms with Crippen molar-refractivity contribution in [1.29, 1.82) is 0 Å². The number of hydrogen-bond donors (Lipinski definition) is 0. The lowest BCUT2D eigenvalue weighted by atomic mass is 10.1. The number of piperazine rings is 1. The summed E-state index contributed by atoms with van der Waals surface area (Å²) in [6.45, 7) is 11.1. The zero-order valence-electron chi connectivity index (χ0n) is 14.4. The molecule has 0 bridgehead atoms. The molecule has 0 atom stereocenters. The maximum Gasteiger partial charge on any atom is 0.259 e. The molecule has 0 aliphatic carbocycles. The molecule has 4 heterocycles. The van der Waals surface area contributed by atoms with Crippen LogP contribution in [0.5, 0.6) is 0 Å². The lowest BCUT2D eigenvalue weighted by Gasteiger charge is -2.49. The van der Waals surface area contributed by atoms with Gasteiger partial charge in [-0.05, 0) is 26.0 Å². The lowest BCUT2D eigenvalue weighted by Crippen LogP contribution is -2.63. The SMILES string of the molecule is CC(C)N1CCN(C2CN(c3cc(=O)n4ccccc4n3)C2)CC1. The second kappa shape index (κ2) is 6.18. The first-order chi connectivity index (χ1) is 11.6. The van der Waals surface area contributed by atoms with Gasteiger partial charge in [0.15, 0.2) is 0 Å². The second-order valence-electron chi connectivity index (χ2n) is 7.11. The fraction of sp³-hybridized carbons (Fsp3) is 0.556. The zero-order chi connectivity index (χ0) is 16.7. The van der Waals surface area contributed by atoms with Crippen molar-refractivity contribution in [3.05, 3.63) is 40.8 Å². The summed E-state index contributed by atoms with van der Waals surface area (Å²) in [4.78, 5) is 24.2. The van der Waals surface area contributed by atoms with Crippen molar-refractivity contribution in [3.8, 4) is 0 Å². The predicted molar refractivity (Wildman–Crippen MR) is 95.7 cm³/mol. The zero-order valence-corrected chi connectivity index (χ0v) is 14.4. The van der Waals surface area contributed by atoms with Crippen molar-refractivity contribution in [3.63, 3.8) is 0 Å². The first kappa shape index (κ1) is 15.6. The molecule has 2 aliphatic rings. The number of pyridine rings is 1. The molecule has 0 radical (unpaired) electrons. The third kappa shape index (κ3) is 2.80. The minimum Gasteiger partial charge on any atom is -0.353 e. The van der Waals surface area contributed by atoms with E-state index in [2.05, 4.69) is 33.5 Å².